The number of hydrogen-bond acceptors (Lipinski definition) is 5. The summed E-state index contributed by atoms with van der Waals surface area (Å²) >= 11 is 1.55. The third-order valence-corrected chi connectivity index (χ3v) is 3.07. The van der Waals surface area contributed by atoms with E-state index in [0.717, 1.165) is 12.1 Å². The van der Waals surface area contributed by atoms with Crippen LogP contribution in [-0.2, 0) is 13.0 Å². The first-order valence-corrected chi connectivity index (χ1v) is 6.54. The number of nitrogens with zero attached hydrogens (tertiary/aromatic N) is 2. The molecule has 2 rings (SSSR count). The number of nitrogens with one attached hydrogen (secondary N) is 1. The Hall–Kier alpha value is -1.79. The highest BCUT2D eigenvalue weighted by molar-refractivity contribution is 7.07. The molecule has 0 aliphatic heterocycles. The molecule has 0 aliphatic carbocycles. The Labute approximate surface area is 109 Å². The van der Waals surface area contributed by atoms with Gasteiger partial charge in [-0.3, -0.25) is 9.78 Å². The fourth-order valence-corrected chi connectivity index (χ4v) is 2.09. The van der Waals surface area contributed by atoms with Gasteiger partial charge in [0.05, 0.1) is 16.9 Å². The summed E-state index contributed by atoms with van der Waals surface area (Å²) in [6, 6.07) is 3.38. The van der Waals surface area contributed by atoms with Crippen LogP contribution in [0.25, 0.3) is 0 Å². The summed E-state index contributed by atoms with van der Waals surface area (Å²) in [7, 11) is 0. The van der Waals surface area contributed by atoms with Crippen LogP contribution in [0.2, 0.25) is 0 Å². The first kappa shape index (κ1) is 12.7. The lowest BCUT2D eigenvalue weighted by Crippen LogP contribution is -2.26. The minimum absolute atomic E-state index is 0.109. The van der Waals surface area contributed by atoms with Crippen LogP contribution in [0.4, 0.5) is 0 Å². The Morgan fingerprint density at radius 1 is 1.39 bits per heavy atom. The number of carbonyl (C=O) groups is 1. The highest BCUT2D eigenvalue weighted by Crippen LogP contribution is 2.03. The van der Waals surface area contributed by atoms with Gasteiger partial charge in [0.1, 0.15) is 0 Å². The van der Waals surface area contributed by atoms with Crippen LogP contribution in [0, 0.1) is 0 Å². The molecule has 0 aromatic carbocycles. The minimum atomic E-state index is -0.109. The van der Waals surface area contributed by atoms with Gasteiger partial charge in [-0.1, -0.05) is 0 Å². The predicted molar refractivity (Wildman–Crippen MR) is 70.3 cm³/mol. The van der Waals surface area contributed by atoms with Crippen molar-refractivity contribution in [1.82, 2.24) is 15.3 Å². The highest BCUT2D eigenvalue weighted by atomic mass is 32.1. The average molecular weight is 262 g/mol. The molecule has 5 nitrogen and oxygen atoms in total. The van der Waals surface area contributed by atoms with Gasteiger partial charge in [0.25, 0.3) is 5.91 Å². The minimum Gasteiger partial charge on any atom is -0.352 e. The van der Waals surface area contributed by atoms with E-state index in [1.807, 2.05) is 5.38 Å². The Kier molecular flexibility index (Phi) is 4.38. The lowest BCUT2D eigenvalue weighted by Gasteiger charge is -2.05. The predicted octanol–water partition coefficient (Wildman–Crippen LogP) is 0.969. The van der Waals surface area contributed by atoms with Crippen LogP contribution in [0.15, 0.2) is 29.2 Å². The molecular formula is C12H14N4OS. The first-order chi connectivity index (χ1) is 8.79. The zero-order chi connectivity index (χ0) is 12.8. The largest absolute Gasteiger partial charge is 0.352 e. The van der Waals surface area contributed by atoms with E-state index in [4.69, 9.17) is 5.73 Å². The summed E-state index contributed by atoms with van der Waals surface area (Å²) in [5.41, 5.74) is 9.56. The van der Waals surface area contributed by atoms with E-state index in [1.54, 1.807) is 35.2 Å². The molecule has 0 spiro atoms. The van der Waals surface area contributed by atoms with Crippen molar-refractivity contribution >= 4 is 17.2 Å². The lowest BCUT2D eigenvalue weighted by molar-refractivity contribution is 0.0954. The zero-order valence-electron chi connectivity index (χ0n) is 9.80. The van der Waals surface area contributed by atoms with Gasteiger partial charge >= 0.3 is 0 Å². The van der Waals surface area contributed by atoms with E-state index in [9.17, 15) is 4.79 Å². The van der Waals surface area contributed by atoms with Gasteiger partial charge < -0.3 is 11.1 Å². The van der Waals surface area contributed by atoms with Crippen molar-refractivity contribution in [1.29, 1.82) is 0 Å². The van der Waals surface area contributed by atoms with Gasteiger partial charge in [-0.25, -0.2) is 4.98 Å². The number of pyridine rings is 1. The summed E-state index contributed by atoms with van der Waals surface area (Å²) in [5.74, 6) is -0.109. The fourth-order valence-electron chi connectivity index (χ4n) is 1.50. The highest BCUT2D eigenvalue weighted by Gasteiger charge is 2.06. The molecule has 0 saturated heterocycles. The van der Waals surface area contributed by atoms with Crippen LogP contribution in [0.1, 0.15) is 21.7 Å². The molecule has 0 radical (unpaired) electrons. The Morgan fingerprint density at radius 2 is 2.28 bits per heavy atom. The molecule has 94 valence electrons. The molecule has 6 heteroatoms. The Morgan fingerprint density at radius 3 is 3.00 bits per heavy atom. The topological polar surface area (TPSA) is 80.9 Å². The second kappa shape index (κ2) is 6.23. The number of nitrogens with two attached hydrogens (primary N) is 1. The number of aromatic nitrogens is 2. The van der Waals surface area contributed by atoms with Crippen molar-refractivity contribution in [2.75, 3.05) is 6.54 Å². The van der Waals surface area contributed by atoms with E-state index in [2.05, 4.69) is 15.3 Å². The van der Waals surface area contributed by atoms with Crippen molar-refractivity contribution in [3.63, 3.8) is 0 Å². The Balaban J connectivity index is 1.87. The van der Waals surface area contributed by atoms with Crippen molar-refractivity contribution in [2.24, 2.45) is 5.73 Å². The van der Waals surface area contributed by atoms with Gasteiger partial charge in [0.15, 0.2) is 0 Å². The molecule has 2 aromatic heterocycles. The maximum absolute atomic E-state index is 11.8. The molecule has 0 atom stereocenters. The quantitative estimate of drug-likeness (QED) is 0.841. The van der Waals surface area contributed by atoms with E-state index in [-0.39, 0.29) is 5.91 Å². The van der Waals surface area contributed by atoms with Gasteiger partial charge in [-0.2, -0.15) is 0 Å². The summed E-state index contributed by atoms with van der Waals surface area (Å²) in [6.07, 6.45) is 2.33. The maximum atomic E-state index is 11.8. The fraction of sp³-hybridized carbons (Fsp3) is 0.250. The molecule has 2 aromatic rings. The molecule has 2 heterocycles. The molecule has 3 N–H and O–H groups in total. The lowest BCUT2D eigenvalue weighted by atomic mass is 10.2. The van der Waals surface area contributed by atoms with Crippen molar-refractivity contribution < 1.29 is 4.79 Å². The first-order valence-electron chi connectivity index (χ1n) is 5.60. The molecule has 0 fully saturated rings. The van der Waals surface area contributed by atoms with Gasteiger partial charge in [0, 0.05) is 36.7 Å². The average Bonchev–Trinajstić information content (AvgIpc) is 2.92. The molecule has 0 bridgehead atoms. The number of thiazole rings is 1. The third-order valence-electron chi connectivity index (χ3n) is 2.44. The van der Waals surface area contributed by atoms with E-state index < -0.39 is 0 Å². The van der Waals surface area contributed by atoms with Crippen LogP contribution in [0.3, 0.4) is 0 Å². The molecule has 0 saturated carbocycles. The number of carbonyl (C=O) groups excluding carboxylic acids is 1. The standard InChI is InChI=1S/C12H14N4OS/c13-6-11-5-9(1-3-14-11)12(17)15-4-2-10-7-18-8-16-10/h1,3,5,7-8H,2,4,6,13H2,(H,15,17). The maximum Gasteiger partial charge on any atom is 0.251 e. The second-order valence-electron chi connectivity index (χ2n) is 3.73. The van der Waals surface area contributed by atoms with Gasteiger partial charge in [-0.15, -0.1) is 11.3 Å². The van der Waals surface area contributed by atoms with Crippen molar-refractivity contribution in [3.05, 3.63) is 46.2 Å². The summed E-state index contributed by atoms with van der Waals surface area (Å²) in [6.45, 7) is 0.906. The number of hydrogen-bond donors (Lipinski definition) is 2. The molecule has 0 aliphatic rings. The second-order valence-corrected chi connectivity index (χ2v) is 4.44. The smallest absolute Gasteiger partial charge is 0.251 e. The van der Waals surface area contributed by atoms with Crippen LogP contribution < -0.4 is 11.1 Å². The van der Waals surface area contributed by atoms with Crippen LogP contribution in [-0.4, -0.2) is 22.4 Å². The molecule has 0 unspecified atom stereocenters. The summed E-state index contributed by atoms with van der Waals surface area (Å²) in [5, 5.41) is 4.82. The van der Waals surface area contributed by atoms with Crippen molar-refractivity contribution in [3.8, 4) is 0 Å². The third kappa shape index (κ3) is 3.35. The normalized spacial score (nSPS) is 10.3. The summed E-state index contributed by atoms with van der Waals surface area (Å²) < 4.78 is 0. The van der Waals surface area contributed by atoms with Crippen molar-refractivity contribution in [2.45, 2.75) is 13.0 Å². The number of rotatable bonds is 5. The SMILES string of the molecule is NCc1cc(C(=O)NCCc2cscn2)ccn1. The van der Waals surface area contributed by atoms with Gasteiger partial charge in [-0.05, 0) is 12.1 Å². The zero-order valence-corrected chi connectivity index (χ0v) is 10.6. The monoisotopic (exact) mass is 262 g/mol. The summed E-state index contributed by atoms with van der Waals surface area (Å²) in [4.78, 5) is 20.0. The Bertz CT molecular complexity index is 513. The molecule has 1 amide bonds. The number of amides is 1. The van der Waals surface area contributed by atoms with E-state index >= 15 is 0 Å². The van der Waals surface area contributed by atoms with E-state index in [0.29, 0.717) is 24.3 Å². The molecular weight excluding hydrogens is 248 g/mol. The van der Waals surface area contributed by atoms with Gasteiger partial charge in [0.2, 0.25) is 0 Å². The molecule has 18 heavy (non-hydrogen) atoms. The van der Waals surface area contributed by atoms with Crippen LogP contribution in [0.5, 0.6) is 0 Å². The van der Waals surface area contributed by atoms with E-state index in [1.165, 1.54) is 0 Å². The van der Waals surface area contributed by atoms with Crippen LogP contribution >= 0.6 is 11.3 Å².